The molecule has 2 N–H and O–H groups in total. The number of guanidine groups is 1. The monoisotopic (exact) mass is 429 g/mol. The van der Waals surface area contributed by atoms with Crippen LogP contribution in [-0.4, -0.2) is 22.1 Å². The van der Waals surface area contributed by atoms with Crippen molar-refractivity contribution in [1.82, 2.24) is 20.2 Å². The van der Waals surface area contributed by atoms with Crippen LogP contribution in [0.25, 0.3) is 11.1 Å². The summed E-state index contributed by atoms with van der Waals surface area (Å²) in [7, 11) is 0. The normalized spacial score (nSPS) is 11.5. The van der Waals surface area contributed by atoms with E-state index in [0.717, 1.165) is 19.0 Å². The van der Waals surface area contributed by atoms with E-state index >= 15 is 0 Å². The van der Waals surface area contributed by atoms with E-state index in [2.05, 4.69) is 92.5 Å². The van der Waals surface area contributed by atoms with Crippen LogP contribution in [0.15, 0.2) is 89.1 Å². The Morgan fingerprint density at radius 2 is 1.90 bits per heavy atom. The molecule has 2 aromatic carbocycles. The molecule has 0 aliphatic carbocycles. The van der Waals surface area contributed by atoms with Crippen molar-refractivity contribution in [2.24, 2.45) is 4.99 Å². The molecule has 0 amide bonds. The van der Waals surface area contributed by atoms with Crippen molar-refractivity contribution in [2.45, 2.75) is 26.6 Å². The smallest absolute Gasteiger partial charge is 0.191 e. The van der Waals surface area contributed by atoms with E-state index in [1.165, 1.54) is 27.8 Å². The molecular formula is C25H27N5S. The lowest BCUT2D eigenvalue weighted by Gasteiger charge is -2.14. The fourth-order valence-corrected chi connectivity index (χ4v) is 4.07. The summed E-state index contributed by atoms with van der Waals surface area (Å²) >= 11 is 1.70. The van der Waals surface area contributed by atoms with Crippen molar-refractivity contribution in [3.63, 3.8) is 0 Å². The molecule has 0 bridgehead atoms. The second-order valence-corrected chi connectivity index (χ2v) is 8.05. The highest BCUT2D eigenvalue weighted by Crippen LogP contribution is 2.24. The molecule has 0 fully saturated rings. The van der Waals surface area contributed by atoms with Crippen molar-refractivity contribution in [2.75, 3.05) is 6.54 Å². The predicted molar refractivity (Wildman–Crippen MR) is 129 cm³/mol. The number of aromatic nitrogens is 2. The summed E-state index contributed by atoms with van der Waals surface area (Å²) < 4.78 is 2.07. The second-order valence-electron chi connectivity index (χ2n) is 7.27. The molecule has 0 spiro atoms. The van der Waals surface area contributed by atoms with Crippen LogP contribution in [0.1, 0.15) is 23.6 Å². The van der Waals surface area contributed by atoms with Gasteiger partial charge >= 0.3 is 0 Å². The topological polar surface area (TPSA) is 54.2 Å². The maximum absolute atomic E-state index is 4.71. The first-order valence-corrected chi connectivity index (χ1v) is 11.4. The molecule has 6 heteroatoms. The average Bonchev–Trinajstić information content (AvgIpc) is 3.51. The zero-order valence-electron chi connectivity index (χ0n) is 17.7. The number of benzene rings is 2. The zero-order chi connectivity index (χ0) is 21.3. The Kier molecular flexibility index (Phi) is 7.13. The van der Waals surface area contributed by atoms with Gasteiger partial charge in [0.05, 0.1) is 12.9 Å². The van der Waals surface area contributed by atoms with Gasteiger partial charge in [-0.2, -0.15) is 11.3 Å². The fourth-order valence-electron chi connectivity index (χ4n) is 3.41. The molecule has 4 aromatic rings. The molecule has 0 aliphatic heterocycles. The maximum atomic E-state index is 4.71. The quantitative estimate of drug-likeness (QED) is 0.309. The minimum Gasteiger partial charge on any atom is -0.357 e. The third-order valence-electron chi connectivity index (χ3n) is 5.00. The molecule has 0 radical (unpaired) electrons. The van der Waals surface area contributed by atoms with Crippen LogP contribution < -0.4 is 10.6 Å². The summed E-state index contributed by atoms with van der Waals surface area (Å²) in [6.07, 6.45) is 5.64. The summed E-state index contributed by atoms with van der Waals surface area (Å²) in [5, 5.41) is 11.0. The molecule has 0 saturated heterocycles. The number of nitrogens with zero attached hydrogens (tertiary/aromatic N) is 3. The maximum Gasteiger partial charge on any atom is 0.191 e. The summed E-state index contributed by atoms with van der Waals surface area (Å²) in [6, 6.07) is 19.4. The molecular weight excluding hydrogens is 402 g/mol. The summed E-state index contributed by atoms with van der Waals surface area (Å²) in [6.45, 7) is 5.13. The molecule has 0 unspecified atom stereocenters. The highest BCUT2D eigenvalue weighted by Gasteiger charge is 2.06. The fraction of sp³-hybridized carbons (Fsp3) is 0.200. The summed E-state index contributed by atoms with van der Waals surface area (Å²) in [4.78, 5) is 8.83. The summed E-state index contributed by atoms with van der Waals surface area (Å²) in [5.74, 6) is 0.833. The zero-order valence-corrected chi connectivity index (χ0v) is 18.5. The van der Waals surface area contributed by atoms with E-state index < -0.39 is 0 Å². The van der Waals surface area contributed by atoms with Crippen molar-refractivity contribution >= 4 is 17.3 Å². The Morgan fingerprint density at radius 3 is 2.65 bits per heavy atom. The van der Waals surface area contributed by atoms with Crippen molar-refractivity contribution in [1.29, 1.82) is 0 Å². The minimum absolute atomic E-state index is 0.679. The number of rotatable bonds is 8. The lowest BCUT2D eigenvalue weighted by Crippen LogP contribution is -2.36. The van der Waals surface area contributed by atoms with E-state index in [0.29, 0.717) is 13.1 Å². The van der Waals surface area contributed by atoms with Gasteiger partial charge in [0, 0.05) is 32.0 Å². The molecule has 158 valence electrons. The summed E-state index contributed by atoms with van der Waals surface area (Å²) in [5.41, 5.74) is 6.18. The van der Waals surface area contributed by atoms with Gasteiger partial charge in [-0.05, 0) is 51.6 Å². The number of hydrogen-bond acceptors (Lipinski definition) is 3. The third kappa shape index (κ3) is 5.83. The highest BCUT2D eigenvalue weighted by atomic mass is 32.1. The van der Waals surface area contributed by atoms with Crippen LogP contribution in [0.3, 0.4) is 0 Å². The number of imidazole rings is 1. The van der Waals surface area contributed by atoms with Gasteiger partial charge < -0.3 is 15.2 Å². The SMILES string of the molecule is CCNC(=NCc1ccsc1)NCc1ccccc1-c1ccc(Cn2ccnc2)cc1. The van der Waals surface area contributed by atoms with Crippen molar-refractivity contribution < 1.29 is 0 Å². The average molecular weight is 430 g/mol. The third-order valence-corrected chi connectivity index (χ3v) is 5.73. The molecule has 2 aromatic heterocycles. The first-order valence-electron chi connectivity index (χ1n) is 10.5. The van der Waals surface area contributed by atoms with Crippen LogP contribution in [0.2, 0.25) is 0 Å². The van der Waals surface area contributed by atoms with E-state index in [-0.39, 0.29) is 0 Å². The molecule has 31 heavy (non-hydrogen) atoms. The van der Waals surface area contributed by atoms with Gasteiger partial charge in [0.1, 0.15) is 0 Å². The van der Waals surface area contributed by atoms with Gasteiger partial charge in [-0.3, -0.25) is 0 Å². The molecule has 0 saturated carbocycles. The van der Waals surface area contributed by atoms with Gasteiger partial charge in [-0.25, -0.2) is 9.98 Å². The molecule has 0 atom stereocenters. The number of thiophene rings is 1. The van der Waals surface area contributed by atoms with Gasteiger partial charge in [-0.1, -0.05) is 48.5 Å². The van der Waals surface area contributed by atoms with E-state index in [9.17, 15) is 0 Å². The van der Waals surface area contributed by atoms with Crippen LogP contribution in [0, 0.1) is 0 Å². The number of nitrogens with one attached hydrogen (secondary N) is 2. The first-order chi connectivity index (χ1) is 15.3. The largest absolute Gasteiger partial charge is 0.357 e. The Morgan fingerprint density at radius 1 is 1.03 bits per heavy atom. The standard InChI is InChI=1S/C25H27N5S/c1-2-27-25(28-15-21-11-14-31-18-21)29-16-23-5-3-4-6-24(23)22-9-7-20(8-10-22)17-30-13-12-26-19-30/h3-14,18-19H,2,15-17H2,1H3,(H2,27,28,29). The van der Waals surface area contributed by atoms with E-state index in [1.807, 2.05) is 18.7 Å². The minimum atomic E-state index is 0.679. The second kappa shape index (κ2) is 10.6. The molecule has 5 nitrogen and oxygen atoms in total. The molecule has 2 heterocycles. The van der Waals surface area contributed by atoms with Crippen LogP contribution in [0.5, 0.6) is 0 Å². The van der Waals surface area contributed by atoms with Gasteiger partial charge in [0.2, 0.25) is 0 Å². The number of aliphatic imine (C=N–C) groups is 1. The Labute approximate surface area is 187 Å². The lowest BCUT2D eigenvalue weighted by molar-refractivity contribution is 0.797. The number of hydrogen-bond donors (Lipinski definition) is 2. The first kappa shape index (κ1) is 20.9. The Hall–Kier alpha value is -3.38. The van der Waals surface area contributed by atoms with Gasteiger partial charge in [-0.15, -0.1) is 0 Å². The lowest BCUT2D eigenvalue weighted by atomic mass is 9.98. The van der Waals surface area contributed by atoms with Gasteiger partial charge in [0.25, 0.3) is 0 Å². The van der Waals surface area contributed by atoms with Gasteiger partial charge in [0.15, 0.2) is 5.96 Å². The predicted octanol–water partition coefficient (Wildman–Crippen LogP) is 4.92. The van der Waals surface area contributed by atoms with Crippen LogP contribution >= 0.6 is 11.3 Å². The van der Waals surface area contributed by atoms with Crippen LogP contribution in [0.4, 0.5) is 0 Å². The van der Waals surface area contributed by atoms with Crippen molar-refractivity contribution in [3.05, 3.63) is 101 Å². The highest BCUT2D eigenvalue weighted by molar-refractivity contribution is 7.07. The van der Waals surface area contributed by atoms with E-state index in [4.69, 9.17) is 4.99 Å². The van der Waals surface area contributed by atoms with Crippen LogP contribution in [-0.2, 0) is 19.6 Å². The molecule has 0 aliphatic rings. The Balaban J connectivity index is 1.45. The Bertz CT molecular complexity index is 1080. The van der Waals surface area contributed by atoms with E-state index in [1.54, 1.807) is 11.3 Å². The molecule has 4 rings (SSSR count). The van der Waals surface area contributed by atoms with Crippen molar-refractivity contribution in [3.8, 4) is 11.1 Å².